The maximum absolute atomic E-state index is 11.7. The van der Waals surface area contributed by atoms with Crippen LogP contribution in [0, 0.1) is 0 Å². The van der Waals surface area contributed by atoms with Gasteiger partial charge in [0.15, 0.2) is 0 Å². The largest absolute Gasteiger partial charge is 0.350 e. The Morgan fingerprint density at radius 3 is 2.11 bits per heavy atom. The summed E-state index contributed by atoms with van der Waals surface area (Å²) in [5, 5.41) is 8.67. The Morgan fingerprint density at radius 2 is 1.67 bits per heavy atom. The van der Waals surface area contributed by atoms with Crippen LogP contribution in [-0.4, -0.2) is 36.0 Å². The molecule has 0 fully saturated rings. The molecular weight excluding hydrogens is 230 g/mol. The average molecular weight is 257 g/mol. The van der Waals surface area contributed by atoms with Gasteiger partial charge in [0, 0.05) is 24.5 Å². The number of rotatable bonds is 6. The van der Waals surface area contributed by atoms with E-state index in [1.165, 1.54) is 0 Å². The fourth-order valence-corrected chi connectivity index (χ4v) is 1.33. The Labute approximate surface area is 110 Å². The first-order chi connectivity index (χ1) is 8.11. The molecule has 0 aromatic rings. The van der Waals surface area contributed by atoms with Crippen molar-refractivity contribution in [3.05, 3.63) is 0 Å². The molecule has 0 radical (unpaired) electrons. The lowest BCUT2D eigenvalue weighted by atomic mass is 10.1. The fraction of sp³-hybridized carbons (Fsp3) is 0.846. The highest BCUT2D eigenvalue weighted by Gasteiger charge is 2.20. The van der Waals surface area contributed by atoms with Gasteiger partial charge in [-0.25, -0.2) is 0 Å². The molecule has 0 heterocycles. The molecule has 0 bridgehead atoms. The topological polar surface area (TPSA) is 70.2 Å². The summed E-state index contributed by atoms with van der Waals surface area (Å²) >= 11 is 0. The lowest BCUT2D eigenvalue weighted by Crippen LogP contribution is -2.51. The highest BCUT2D eigenvalue weighted by atomic mass is 16.2. The first-order valence-corrected chi connectivity index (χ1v) is 6.46. The number of nitrogens with one attached hydrogen (secondary N) is 3. The first kappa shape index (κ1) is 16.9. The van der Waals surface area contributed by atoms with E-state index >= 15 is 0 Å². The molecular formula is C13H27N3O2. The average Bonchev–Trinajstić information content (AvgIpc) is 2.13. The predicted octanol–water partition coefficient (Wildman–Crippen LogP) is 0.794. The van der Waals surface area contributed by atoms with Gasteiger partial charge in [0.25, 0.3) is 0 Å². The summed E-state index contributed by atoms with van der Waals surface area (Å²) in [6, 6.07) is -0.143. The Kier molecular flexibility index (Phi) is 6.91. The summed E-state index contributed by atoms with van der Waals surface area (Å²) in [7, 11) is 0. The molecule has 0 aliphatic heterocycles. The van der Waals surface area contributed by atoms with Crippen molar-refractivity contribution in [3.8, 4) is 0 Å². The zero-order valence-electron chi connectivity index (χ0n) is 12.4. The number of hydrogen-bond donors (Lipinski definition) is 3. The third-order valence-corrected chi connectivity index (χ3v) is 2.17. The van der Waals surface area contributed by atoms with Gasteiger partial charge in [-0.05, 0) is 27.7 Å². The fourth-order valence-electron chi connectivity index (χ4n) is 1.33. The van der Waals surface area contributed by atoms with Crippen LogP contribution in [-0.2, 0) is 9.59 Å². The van der Waals surface area contributed by atoms with Crippen LogP contribution >= 0.6 is 0 Å². The second-order valence-corrected chi connectivity index (χ2v) is 5.89. The van der Waals surface area contributed by atoms with Gasteiger partial charge >= 0.3 is 0 Å². The van der Waals surface area contributed by atoms with E-state index in [1.54, 1.807) is 6.92 Å². The van der Waals surface area contributed by atoms with Gasteiger partial charge in [0.05, 0.1) is 0 Å². The second kappa shape index (κ2) is 7.36. The Morgan fingerprint density at radius 1 is 1.11 bits per heavy atom. The minimum absolute atomic E-state index is 0.111. The van der Waals surface area contributed by atoms with Gasteiger partial charge in [-0.2, -0.15) is 0 Å². The predicted molar refractivity (Wildman–Crippen MR) is 73.3 cm³/mol. The second-order valence-electron chi connectivity index (χ2n) is 5.89. The molecule has 18 heavy (non-hydrogen) atoms. The van der Waals surface area contributed by atoms with Crippen LogP contribution < -0.4 is 16.0 Å². The Balaban J connectivity index is 3.96. The number of carbonyl (C=O) groups is 2. The van der Waals surface area contributed by atoms with E-state index < -0.39 is 6.04 Å². The van der Waals surface area contributed by atoms with Crippen molar-refractivity contribution < 1.29 is 9.59 Å². The van der Waals surface area contributed by atoms with Gasteiger partial charge in [-0.3, -0.25) is 9.59 Å². The first-order valence-electron chi connectivity index (χ1n) is 6.46. The molecule has 1 atom stereocenters. The molecule has 106 valence electrons. The molecule has 1 unspecified atom stereocenters. The highest BCUT2D eigenvalue weighted by molar-refractivity contribution is 5.87. The third-order valence-electron chi connectivity index (χ3n) is 2.17. The zero-order chi connectivity index (χ0) is 14.3. The van der Waals surface area contributed by atoms with E-state index in [2.05, 4.69) is 16.0 Å². The molecule has 0 rings (SSSR count). The van der Waals surface area contributed by atoms with Crippen LogP contribution in [0.2, 0.25) is 0 Å². The lowest BCUT2D eigenvalue weighted by molar-refractivity contribution is -0.129. The van der Waals surface area contributed by atoms with E-state index in [9.17, 15) is 9.59 Å². The summed E-state index contributed by atoms with van der Waals surface area (Å²) < 4.78 is 0. The molecule has 0 aliphatic carbocycles. The molecule has 0 aliphatic rings. The van der Waals surface area contributed by atoms with Gasteiger partial charge in [0.2, 0.25) is 11.8 Å². The summed E-state index contributed by atoms with van der Waals surface area (Å²) in [5.74, 6) is -0.271. The van der Waals surface area contributed by atoms with Crippen molar-refractivity contribution in [2.75, 3.05) is 6.54 Å². The number of hydrogen-bond acceptors (Lipinski definition) is 3. The minimum Gasteiger partial charge on any atom is -0.350 e. The monoisotopic (exact) mass is 257 g/mol. The van der Waals surface area contributed by atoms with E-state index in [0.29, 0.717) is 19.0 Å². The molecule has 0 spiro atoms. The van der Waals surface area contributed by atoms with E-state index in [1.807, 2.05) is 34.6 Å². The molecule has 5 heteroatoms. The molecule has 2 amide bonds. The highest BCUT2D eigenvalue weighted by Crippen LogP contribution is 1.99. The van der Waals surface area contributed by atoms with Crippen molar-refractivity contribution in [2.45, 2.75) is 65.6 Å². The summed E-state index contributed by atoms with van der Waals surface area (Å²) in [5.41, 5.74) is -0.282. The van der Waals surface area contributed by atoms with Crippen molar-refractivity contribution in [1.82, 2.24) is 16.0 Å². The van der Waals surface area contributed by atoms with E-state index in [4.69, 9.17) is 0 Å². The standard InChI is InChI=1S/C13H27N3O2/c1-9(2)14-8-7-11(17)15-10(3)12(18)16-13(4,5)6/h9-10,14H,7-8H2,1-6H3,(H,15,17)(H,16,18). The smallest absolute Gasteiger partial charge is 0.242 e. The van der Waals surface area contributed by atoms with Crippen molar-refractivity contribution in [3.63, 3.8) is 0 Å². The Bertz CT molecular complexity index is 282. The van der Waals surface area contributed by atoms with Crippen molar-refractivity contribution in [1.29, 1.82) is 0 Å². The van der Waals surface area contributed by atoms with Gasteiger partial charge in [0.1, 0.15) is 6.04 Å². The van der Waals surface area contributed by atoms with Crippen LogP contribution in [0.4, 0.5) is 0 Å². The van der Waals surface area contributed by atoms with E-state index in [0.717, 1.165) is 0 Å². The maximum Gasteiger partial charge on any atom is 0.242 e. The quantitative estimate of drug-likeness (QED) is 0.659. The molecule has 3 N–H and O–H groups in total. The molecule has 5 nitrogen and oxygen atoms in total. The normalized spacial score (nSPS) is 13.3. The zero-order valence-corrected chi connectivity index (χ0v) is 12.4. The molecule has 0 saturated heterocycles. The Hall–Kier alpha value is -1.10. The van der Waals surface area contributed by atoms with Crippen molar-refractivity contribution >= 4 is 11.8 Å². The van der Waals surface area contributed by atoms with Crippen LogP contribution in [0.5, 0.6) is 0 Å². The SMILES string of the molecule is CC(C)NCCC(=O)NC(C)C(=O)NC(C)(C)C. The van der Waals surface area contributed by atoms with Gasteiger partial charge in [-0.1, -0.05) is 13.8 Å². The summed E-state index contributed by atoms with van der Waals surface area (Å²) in [6.07, 6.45) is 0.380. The molecule has 0 aromatic carbocycles. The molecule has 0 aromatic heterocycles. The summed E-state index contributed by atoms with van der Waals surface area (Å²) in [4.78, 5) is 23.3. The maximum atomic E-state index is 11.7. The van der Waals surface area contributed by atoms with Crippen LogP contribution in [0.1, 0.15) is 48.0 Å². The minimum atomic E-state index is -0.504. The number of amides is 2. The van der Waals surface area contributed by atoms with Crippen LogP contribution in [0.15, 0.2) is 0 Å². The van der Waals surface area contributed by atoms with Crippen LogP contribution in [0.25, 0.3) is 0 Å². The lowest BCUT2D eigenvalue weighted by Gasteiger charge is -2.23. The third kappa shape index (κ3) is 8.98. The van der Waals surface area contributed by atoms with E-state index in [-0.39, 0.29) is 17.4 Å². The van der Waals surface area contributed by atoms with Crippen LogP contribution in [0.3, 0.4) is 0 Å². The molecule has 0 saturated carbocycles. The summed E-state index contributed by atoms with van der Waals surface area (Å²) in [6.45, 7) is 12.1. The number of carbonyl (C=O) groups excluding carboxylic acids is 2. The van der Waals surface area contributed by atoms with Gasteiger partial charge < -0.3 is 16.0 Å². The van der Waals surface area contributed by atoms with Crippen molar-refractivity contribution in [2.24, 2.45) is 0 Å². The van der Waals surface area contributed by atoms with Gasteiger partial charge in [-0.15, -0.1) is 0 Å².